The highest BCUT2D eigenvalue weighted by Crippen LogP contribution is 2.42. The van der Waals surface area contributed by atoms with Crippen molar-refractivity contribution in [3.05, 3.63) is 136 Å². The van der Waals surface area contributed by atoms with Gasteiger partial charge in [0.2, 0.25) is 5.36 Å². The van der Waals surface area contributed by atoms with Crippen LogP contribution in [0.4, 0.5) is 22.7 Å². The molecular weight excluding hydrogens is 913 g/mol. The van der Waals surface area contributed by atoms with Gasteiger partial charge < -0.3 is 39.1 Å². The van der Waals surface area contributed by atoms with Gasteiger partial charge in [0.05, 0.1) is 56.5 Å². The number of aryl methyl sites for hydroxylation is 1. The van der Waals surface area contributed by atoms with Crippen LogP contribution in [0.15, 0.2) is 123 Å². The van der Waals surface area contributed by atoms with E-state index in [2.05, 4.69) is 55.2 Å². The zero-order valence-electron chi connectivity index (χ0n) is 42.5. The normalized spacial score (nSPS) is 11.7. The van der Waals surface area contributed by atoms with E-state index in [1.165, 1.54) is 0 Å². The second-order valence-electron chi connectivity index (χ2n) is 18.0. The maximum absolute atomic E-state index is 14.3. The van der Waals surface area contributed by atoms with Crippen molar-refractivity contribution in [2.24, 2.45) is 15.3 Å². The fourth-order valence-corrected chi connectivity index (χ4v) is 7.91. The van der Waals surface area contributed by atoms with E-state index in [-0.39, 0.29) is 30.6 Å². The number of amides is 2. The molecule has 4 aromatic carbocycles. The lowest BCUT2D eigenvalue weighted by molar-refractivity contribution is -0.121. The minimum Gasteiger partial charge on any atom is -0.456 e. The molecule has 2 aliphatic rings. The Balaban J connectivity index is 1.10. The number of nitrogens with one attached hydrogen (secondary N) is 2. The second-order valence-corrected chi connectivity index (χ2v) is 18.0. The predicted molar refractivity (Wildman–Crippen MR) is 284 cm³/mol. The molecule has 1 unspecified atom stereocenters. The molecule has 378 valence electrons. The van der Waals surface area contributed by atoms with Crippen molar-refractivity contribution in [3.8, 4) is 22.5 Å². The third-order valence-electron chi connectivity index (χ3n) is 12.0. The summed E-state index contributed by atoms with van der Waals surface area (Å²) in [6.45, 7) is 4.83. The Morgan fingerprint density at radius 3 is 2.00 bits per heavy atom. The average molecular weight is 980 g/mol. The number of anilines is 2. The van der Waals surface area contributed by atoms with Crippen LogP contribution in [0.5, 0.6) is 0 Å². The van der Waals surface area contributed by atoms with Crippen molar-refractivity contribution in [1.29, 1.82) is 0 Å². The summed E-state index contributed by atoms with van der Waals surface area (Å²) in [5.74, 6) is 0.0346. The van der Waals surface area contributed by atoms with Gasteiger partial charge in [-0.1, -0.05) is 11.2 Å². The third-order valence-corrected chi connectivity index (χ3v) is 12.0. The van der Waals surface area contributed by atoms with Crippen LogP contribution >= 0.6 is 0 Å². The fraction of sp³-hybridized carbons (Fsp3) is 0.382. The number of azo groups is 1. The van der Waals surface area contributed by atoms with Crippen LogP contribution in [0.1, 0.15) is 58.4 Å². The van der Waals surface area contributed by atoms with E-state index in [1.54, 1.807) is 30.3 Å². The van der Waals surface area contributed by atoms with Gasteiger partial charge in [-0.2, -0.15) is 10.2 Å². The molecular formula is C55H67N10O7+. The molecule has 1 atom stereocenters. The van der Waals surface area contributed by atoms with Gasteiger partial charge in [0.1, 0.15) is 25.4 Å². The Kier molecular flexibility index (Phi) is 20.4. The van der Waals surface area contributed by atoms with Gasteiger partial charge >= 0.3 is 0 Å². The quantitative estimate of drug-likeness (QED) is 0.0126. The van der Waals surface area contributed by atoms with Gasteiger partial charge in [0, 0.05) is 110 Å². The second kappa shape index (κ2) is 27.2. The van der Waals surface area contributed by atoms with E-state index in [0.717, 1.165) is 61.4 Å². The van der Waals surface area contributed by atoms with Gasteiger partial charge in [-0.05, 0) is 128 Å². The van der Waals surface area contributed by atoms with Gasteiger partial charge in [-0.15, -0.1) is 0 Å². The summed E-state index contributed by atoms with van der Waals surface area (Å²) >= 11 is 0. The van der Waals surface area contributed by atoms with Gasteiger partial charge in [0.15, 0.2) is 5.78 Å². The molecule has 0 saturated heterocycles. The fourth-order valence-electron chi connectivity index (χ4n) is 7.91. The van der Waals surface area contributed by atoms with Crippen molar-refractivity contribution in [3.63, 3.8) is 0 Å². The van der Waals surface area contributed by atoms with Crippen LogP contribution in [-0.4, -0.2) is 119 Å². The average Bonchev–Trinajstić information content (AvgIpc) is 3.38. The summed E-state index contributed by atoms with van der Waals surface area (Å²) in [7, 11) is 11.9. The molecule has 2 N–H and O–H groups in total. The Morgan fingerprint density at radius 2 is 1.33 bits per heavy atom. The molecule has 0 aromatic heterocycles. The molecule has 0 fully saturated rings. The van der Waals surface area contributed by atoms with E-state index >= 15 is 0 Å². The zero-order chi connectivity index (χ0) is 51.4. The summed E-state index contributed by atoms with van der Waals surface area (Å²) in [6.07, 6.45) is 2.21. The molecule has 1 aliphatic carbocycles. The summed E-state index contributed by atoms with van der Waals surface area (Å²) in [5.41, 5.74) is 17.1. The van der Waals surface area contributed by atoms with Crippen molar-refractivity contribution in [1.82, 2.24) is 15.2 Å². The lowest BCUT2D eigenvalue weighted by Gasteiger charge is -2.20. The number of carbonyl (C=O) groups excluding carboxylic acids is 3. The number of benzene rings is 5. The molecule has 2 amide bonds. The molecule has 0 radical (unpaired) electrons. The topological polar surface area (TPSA) is 199 Å². The molecule has 0 spiro atoms. The van der Waals surface area contributed by atoms with E-state index in [0.29, 0.717) is 88.7 Å². The Labute approximate surface area is 421 Å². The van der Waals surface area contributed by atoms with Crippen LogP contribution < -0.4 is 30.4 Å². The lowest BCUT2D eigenvalue weighted by Crippen LogP contribution is -2.41. The van der Waals surface area contributed by atoms with E-state index < -0.39 is 6.04 Å². The maximum atomic E-state index is 14.3. The first-order valence-corrected chi connectivity index (χ1v) is 24.3. The summed E-state index contributed by atoms with van der Waals surface area (Å²) in [5, 5.41) is 20.0. The maximum Gasteiger partial charge on any atom is 0.251 e. The number of ketones is 1. The molecule has 1 aliphatic heterocycles. The van der Waals surface area contributed by atoms with Gasteiger partial charge in [0.25, 0.3) is 11.8 Å². The van der Waals surface area contributed by atoms with Crippen molar-refractivity contribution < 1.29 is 33.0 Å². The highest BCUT2D eigenvalue weighted by molar-refractivity contribution is 6.05. The number of rotatable bonds is 27. The number of carbonyl (C=O) groups is 3. The number of nitrogens with zero attached hydrogens (tertiary/aromatic N) is 8. The minimum atomic E-state index is -0.765. The Hall–Kier alpha value is -7.43. The molecule has 0 bridgehead atoms. The molecule has 17 nitrogen and oxygen atoms in total. The first kappa shape index (κ1) is 53.9. The van der Waals surface area contributed by atoms with Crippen molar-refractivity contribution in [2.45, 2.75) is 45.1 Å². The molecule has 4 aromatic rings. The number of azide groups is 1. The summed E-state index contributed by atoms with van der Waals surface area (Å²) in [4.78, 5) is 48.0. The first-order valence-electron chi connectivity index (χ1n) is 24.3. The third kappa shape index (κ3) is 15.5. The number of fused-ring (bicyclic) bond motifs is 2. The van der Waals surface area contributed by atoms with E-state index in [9.17, 15) is 14.4 Å². The van der Waals surface area contributed by atoms with Crippen LogP contribution in [0, 0.1) is 6.92 Å². The smallest absolute Gasteiger partial charge is 0.251 e. The Morgan fingerprint density at radius 1 is 0.694 bits per heavy atom. The van der Waals surface area contributed by atoms with Crippen molar-refractivity contribution in [2.75, 3.05) is 105 Å². The van der Waals surface area contributed by atoms with Crippen LogP contribution in [0.25, 0.3) is 43.9 Å². The summed E-state index contributed by atoms with van der Waals surface area (Å²) < 4.78 is 25.2. The van der Waals surface area contributed by atoms with Gasteiger partial charge in [-0.3, -0.25) is 14.4 Å². The molecule has 0 saturated carbocycles. The minimum absolute atomic E-state index is 0.102. The number of Topliss-reactive ketones (excluding diaryl/α,β-unsaturated/α-hetero) is 1. The van der Waals surface area contributed by atoms with Crippen LogP contribution in [-0.2, 0) is 19.0 Å². The molecule has 6 rings (SSSR count). The first-order chi connectivity index (χ1) is 34.8. The predicted octanol–water partition coefficient (Wildman–Crippen LogP) is 9.50. The highest BCUT2D eigenvalue weighted by atomic mass is 16.5. The number of hydrogen-bond donors (Lipinski definition) is 2. The zero-order valence-corrected chi connectivity index (χ0v) is 42.5. The van der Waals surface area contributed by atoms with Crippen LogP contribution in [0.2, 0.25) is 0 Å². The van der Waals surface area contributed by atoms with Crippen molar-refractivity contribution >= 4 is 51.3 Å². The lowest BCUT2D eigenvalue weighted by atomic mass is 9.90. The van der Waals surface area contributed by atoms with E-state index in [4.69, 9.17) is 24.2 Å². The number of hydrogen-bond acceptors (Lipinski definition) is 12. The standard InChI is InChI=1S/C55H66N10O7/c1-38-13-14-40(35-48(38)53-46-25-23-44(64(4)5)36-51(46)72-52-37-45(65(6)7)24-26-47(52)53)55(68)59-49(50(66)12-10-29-69-31-33-71-34-32-70-30-28-58-62-56)11-8-9-27-57-54(67)39-15-17-41(18-16-39)60-61-42-19-21-43(22-20-42)63(2)3/h13-26,35-37,49H,8-12,27-34H2,1-7H3,(H-,57,59,67,68)/p+1. The molecule has 17 heteroatoms. The Bertz CT molecular complexity index is 2890. The largest absolute Gasteiger partial charge is 0.456 e. The monoisotopic (exact) mass is 980 g/mol. The molecule has 1 heterocycles. The highest BCUT2D eigenvalue weighted by Gasteiger charge is 2.24. The number of ether oxygens (including phenoxy) is 3. The molecule has 72 heavy (non-hydrogen) atoms. The van der Waals surface area contributed by atoms with E-state index in [1.807, 2.05) is 112 Å². The summed E-state index contributed by atoms with van der Waals surface area (Å²) in [6, 6.07) is 31.8. The van der Waals surface area contributed by atoms with Gasteiger partial charge in [-0.25, -0.2) is 4.58 Å². The SMILES string of the molecule is Cc1ccc(C(=O)NC(CCCCNC(=O)c2ccc(N=Nc3ccc(N(C)C)cc3)cc2)C(=O)CCCOCCOCCOCCN=[N+]=[N-])cc1-c1c2ccc(=[N+](C)C)cc-2oc2cc(N(C)C)ccc12. The number of unbranched alkanes of at least 4 members (excludes halogenated alkanes) is 1. The van der Waals surface area contributed by atoms with Crippen LogP contribution in [0.3, 0.4) is 0 Å².